The minimum absolute atomic E-state index is 0.258. The van der Waals surface area contributed by atoms with Crippen LogP contribution in [0.2, 0.25) is 0 Å². The van der Waals surface area contributed by atoms with E-state index >= 15 is 0 Å². The van der Waals surface area contributed by atoms with Crippen molar-refractivity contribution in [2.45, 2.75) is 0 Å². The van der Waals surface area contributed by atoms with E-state index in [1.54, 1.807) is 43.5 Å². The number of rotatable bonds is 7. The molecule has 2 aromatic carbocycles. The highest BCUT2D eigenvalue weighted by atomic mass is 32.2. The van der Waals surface area contributed by atoms with Gasteiger partial charge in [0.2, 0.25) is 0 Å². The summed E-state index contributed by atoms with van der Waals surface area (Å²) in [4.78, 5) is 25.5. The van der Waals surface area contributed by atoms with Crippen molar-refractivity contribution in [3.63, 3.8) is 0 Å². The fourth-order valence-corrected chi connectivity index (χ4v) is 3.62. The number of benzene rings is 2. The van der Waals surface area contributed by atoms with Crippen molar-refractivity contribution in [1.82, 2.24) is 10.4 Å². The number of hydrogen-bond donors (Lipinski definition) is 1. The molecule has 1 aliphatic heterocycles. The molecule has 29 heavy (non-hydrogen) atoms. The Morgan fingerprint density at radius 3 is 2.45 bits per heavy atom. The summed E-state index contributed by atoms with van der Waals surface area (Å²) in [6.07, 6.45) is 3.38. The summed E-state index contributed by atoms with van der Waals surface area (Å²) in [5.74, 6) is 0.528. The Morgan fingerprint density at radius 1 is 1.17 bits per heavy atom. The van der Waals surface area contributed by atoms with Gasteiger partial charge < -0.3 is 9.47 Å². The Morgan fingerprint density at radius 2 is 1.83 bits per heavy atom. The second kappa shape index (κ2) is 9.40. The van der Waals surface area contributed by atoms with Crippen molar-refractivity contribution < 1.29 is 19.1 Å². The maximum Gasteiger partial charge on any atom is 0.285 e. The standard InChI is InChI=1S/C21H18N2O4S2/c1-3-12-27-17-8-4-14(5-9-17)13-18-20(25)23(21(28)29-18)22-19(24)15-6-10-16(26-2)11-7-15/h3-11,13H,1,12H2,2H3,(H,22,24)/b18-13+. The van der Waals surface area contributed by atoms with Crippen LogP contribution in [-0.4, -0.2) is 34.9 Å². The van der Waals surface area contributed by atoms with E-state index in [4.69, 9.17) is 21.7 Å². The monoisotopic (exact) mass is 426 g/mol. The lowest BCUT2D eigenvalue weighted by atomic mass is 10.2. The van der Waals surface area contributed by atoms with Gasteiger partial charge in [-0.15, -0.1) is 0 Å². The normalized spacial score (nSPS) is 14.8. The summed E-state index contributed by atoms with van der Waals surface area (Å²) in [6, 6.07) is 13.8. The molecule has 0 saturated carbocycles. The van der Waals surface area contributed by atoms with Crippen LogP contribution < -0.4 is 14.9 Å². The van der Waals surface area contributed by atoms with Crippen LogP contribution in [0.15, 0.2) is 66.1 Å². The number of carbonyl (C=O) groups excluding carboxylic acids is 2. The summed E-state index contributed by atoms with van der Waals surface area (Å²) in [5, 5.41) is 1.08. The smallest absolute Gasteiger partial charge is 0.285 e. The van der Waals surface area contributed by atoms with Gasteiger partial charge in [-0.05, 0) is 60.3 Å². The topological polar surface area (TPSA) is 67.9 Å². The van der Waals surface area contributed by atoms with Crippen molar-refractivity contribution in [1.29, 1.82) is 0 Å². The lowest BCUT2D eigenvalue weighted by Gasteiger charge is -2.15. The van der Waals surface area contributed by atoms with Crippen LogP contribution in [0, 0.1) is 0 Å². The molecule has 3 rings (SSSR count). The molecule has 1 aliphatic rings. The van der Waals surface area contributed by atoms with Gasteiger partial charge in [0.15, 0.2) is 4.32 Å². The highest BCUT2D eigenvalue weighted by molar-refractivity contribution is 8.26. The summed E-state index contributed by atoms with van der Waals surface area (Å²) in [6.45, 7) is 4.03. The van der Waals surface area contributed by atoms with E-state index in [0.717, 1.165) is 22.3 Å². The molecule has 0 atom stereocenters. The van der Waals surface area contributed by atoms with Crippen molar-refractivity contribution >= 4 is 46.2 Å². The van der Waals surface area contributed by atoms with Gasteiger partial charge in [-0.25, -0.2) is 0 Å². The molecule has 148 valence electrons. The molecule has 0 bridgehead atoms. The first-order valence-corrected chi connectivity index (χ1v) is 9.81. The molecular weight excluding hydrogens is 408 g/mol. The van der Waals surface area contributed by atoms with Crippen LogP contribution in [0.3, 0.4) is 0 Å². The van der Waals surface area contributed by atoms with Crippen molar-refractivity contribution in [3.8, 4) is 11.5 Å². The Labute approximate surface area is 178 Å². The first kappa shape index (κ1) is 20.6. The maximum atomic E-state index is 12.7. The minimum atomic E-state index is -0.436. The molecule has 0 radical (unpaired) electrons. The van der Waals surface area contributed by atoms with E-state index in [2.05, 4.69) is 12.0 Å². The van der Waals surface area contributed by atoms with Crippen LogP contribution in [0.1, 0.15) is 15.9 Å². The van der Waals surface area contributed by atoms with E-state index in [9.17, 15) is 9.59 Å². The second-order valence-corrected chi connectivity index (χ2v) is 7.53. The molecular formula is C21H18N2O4S2. The van der Waals surface area contributed by atoms with Gasteiger partial charge in [0.1, 0.15) is 18.1 Å². The third-order valence-corrected chi connectivity index (χ3v) is 5.21. The third-order valence-electron chi connectivity index (χ3n) is 3.90. The van der Waals surface area contributed by atoms with Crippen LogP contribution in [0.25, 0.3) is 6.08 Å². The first-order chi connectivity index (χ1) is 14.0. The zero-order valence-electron chi connectivity index (χ0n) is 15.6. The number of carbonyl (C=O) groups is 2. The lowest BCUT2D eigenvalue weighted by Crippen LogP contribution is -2.44. The zero-order chi connectivity index (χ0) is 20.8. The van der Waals surface area contributed by atoms with Gasteiger partial charge in [-0.1, -0.05) is 36.5 Å². The maximum absolute atomic E-state index is 12.7. The molecule has 1 heterocycles. The number of hydrogen-bond acceptors (Lipinski definition) is 6. The molecule has 2 aromatic rings. The summed E-state index contributed by atoms with van der Waals surface area (Å²) in [5.41, 5.74) is 3.76. The second-order valence-electron chi connectivity index (χ2n) is 5.86. The largest absolute Gasteiger partial charge is 0.497 e. The highest BCUT2D eigenvalue weighted by Crippen LogP contribution is 2.31. The quantitative estimate of drug-likeness (QED) is 0.413. The van der Waals surface area contributed by atoms with E-state index in [1.807, 2.05) is 24.3 Å². The van der Waals surface area contributed by atoms with Crippen molar-refractivity contribution in [3.05, 3.63) is 77.2 Å². The lowest BCUT2D eigenvalue weighted by molar-refractivity contribution is -0.123. The molecule has 0 spiro atoms. The number of thiocarbonyl (C=S) groups is 1. The molecule has 0 aliphatic carbocycles. The summed E-state index contributed by atoms with van der Waals surface area (Å²) >= 11 is 6.38. The summed E-state index contributed by atoms with van der Waals surface area (Å²) in [7, 11) is 1.54. The molecule has 8 heteroatoms. The van der Waals surface area contributed by atoms with E-state index in [1.165, 1.54) is 0 Å². The van der Waals surface area contributed by atoms with Gasteiger partial charge in [0.05, 0.1) is 12.0 Å². The fraction of sp³-hybridized carbons (Fsp3) is 0.0952. The first-order valence-electron chi connectivity index (χ1n) is 8.58. The van der Waals surface area contributed by atoms with Gasteiger partial charge >= 0.3 is 0 Å². The van der Waals surface area contributed by atoms with E-state index < -0.39 is 5.91 Å². The van der Waals surface area contributed by atoms with Gasteiger partial charge in [0.25, 0.3) is 11.8 Å². The molecule has 1 saturated heterocycles. The number of methoxy groups -OCH3 is 1. The molecule has 6 nitrogen and oxygen atoms in total. The van der Waals surface area contributed by atoms with Gasteiger partial charge in [-0.3, -0.25) is 15.0 Å². The Bertz CT molecular complexity index is 969. The molecule has 0 unspecified atom stereocenters. The van der Waals surface area contributed by atoms with Crippen LogP contribution in [0.4, 0.5) is 0 Å². The van der Waals surface area contributed by atoms with Crippen LogP contribution >= 0.6 is 24.0 Å². The fourth-order valence-electron chi connectivity index (χ4n) is 2.44. The van der Waals surface area contributed by atoms with Gasteiger partial charge in [-0.2, -0.15) is 5.01 Å². The average molecular weight is 427 g/mol. The van der Waals surface area contributed by atoms with Gasteiger partial charge in [0, 0.05) is 5.56 Å². The predicted molar refractivity (Wildman–Crippen MR) is 118 cm³/mol. The molecule has 2 amide bonds. The minimum Gasteiger partial charge on any atom is -0.497 e. The average Bonchev–Trinajstić information content (AvgIpc) is 3.00. The highest BCUT2D eigenvalue weighted by Gasteiger charge is 2.33. The predicted octanol–water partition coefficient (Wildman–Crippen LogP) is 3.81. The number of hydrazine groups is 1. The Balaban J connectivity index is 1.69. The van der Waals surface area contributed by atoms with Crippen LogP contribution in [0.5, 0.6) is 11.5 Å². The van der Waals surface area contributed by atoms with Crippen molar-refractivity contribution in [2.75, 3.05) is 13.7 Å². The van der Waals surface area contributed by atoms with Crippen molar-refractivity contribution in [2.24, 2.45) is 0 Å². The third kappa shape index (κ3) is 5.04. The van der Waals surface area contributed by atoms with E-state index in [0.29, 0.717) is 28.6 Å². The molecule has 1 N–H and O–H groups in total. The Hall–Kier alpha value is -3.10. The number of ether oxygens (including phenoxy) is 2. The SMILES string of the molecule is C=CCOc1ccc(/C=C2/SC(=S)N(NC(=O)c3ccc(OC)cc3)C2=O)cc1. The number of nitrogens with one attached hydrogen (secondary N) is 1. The number of amides is 2. The number of nitrogens with zero attached hydrogens (tertiary/aromatic N) is 1. The summed E-state index contributed by atoms with van der Waals surface area (Å²) < 4.78 is 10.8. The van der Waals surface area contributed by atoms with Crippen LogP contribution in [-0.2, 0) is 4.79 Å². The number of thioether (sulfide) groups is 1. The van der Waals surface area contributed by atoms with E-state index in [-0.39, 0.29) is 10.2 Å². The Kier molecular flexibility index (Phi) is 6.69. The molecule has 0 aromatic heterocycles. The zero-order valence-corrected chi connectivity index (χ0v) is 17.2. The molecule has 1 fully saturated rings.